The number of allylic oxidation sites excluding steroid dienone is 1. The Morgan fingerprint density at radius 3 is 2.53 bits per heavy atom. The zero-order valence-electron chi connectivity index (χ0n) is 24.1. The van der Waals surface area contributed by atoms with E-state index in [4.69, 9.17) is 14.2 Å². The van der Waals surface area contributed by atoms with Crippen LogP contribution in [0.25, 0.3) is 11.1 Å². The number of benzene rings is 3. The first-order valence-electron chi connectivity index (χ1n) is 14.6. The molecule has 226 valence electrons. The molecule has 2 aliphatic carbocycles. The average Bonchev–Trinajstić information content (AvgIpc) is 3.77. The van der Waals surface area contributed by atoms with E-state index in [-0.39, 0.29) is 54.8 Å². The second-order valence-corrected chi connectivity index (χ2v) is 13.0. The molecule has 2 atom stereocenters. The van der Waals surface area contributed by atoms with E-state index in [0.29, 0.717) is 12.2 Å². The van der Waals surface area contributed by atoms with Gasteiger partial charge >= 0.3 is 0 Å². The number of carbonyl (C=O) groups excluding carboxylic acids is 1. The summed E-state index contributed by atoms with van der Waals surface area (Å²) in [5.41, 5.74) is 6.12. The Labute approximate surface area is 252 Å². The van der Waals surface area contributed by atoms with Crippen LogP contribution in [0.1, 0.15) is 41.9 Å². The van der Waals surface area contributed by atoms with Crippen LogP contribution in [0.3, 0.4) is 0 Å². The van der Waals surface area contributed by atoms with E-state index in [9.17, 15) is 18.3 Å². The minimum Gasteiger partial charge on any atom is -0.497 e. The van der Waals surface area contributed by atoms with Gasteiger partial charge in [0.1, 0.15) is 5.75 Å². The second kappa shape index (κ2) is 12.5. The SMILES string of the molecule is COc1ccc(S(=O)(=O)N(CCO)CCO[C@H]2C[C@@H](c3ccc4c(c3)Cc3ccccc3-4)C=C(C(=O)NC3CC3)O2)cc1. The number of carbonyl (C=O) groups is 1. The largest absolute Gasteiger partial charge is 0.497 e. The van der Waals surface area contributed by atoms with Crippen LogP contribution in [0.4, 0.5) is 0 Å². The lowest BCUT2D eigenvalue weighted by atomic mass is 9.90. The van der Waals surface area contributed by atoms with Crippen molar-refractivity contribution in [2.24, 2.45) is 0 Å². The first-order valence-corrected chi connectivity index (χ1v) is 16.1. The lowest BCUT2D eigenvalue weighted by Crippen LogP contribution is -2.38. The van der Waals surface area contributed by atoms with Gasteiger partial charge in [-0.05, 0) is 77.4 Å². The molecular formula is C33H36N2O7S. The van der Waals surface area contributed by atoms with Crippen LogP contribution in [-0.2, 0) is 30.7 Å². The van der Waals surface area contributed by atoms with Gasteiger partial charge in [-0.3, -0.25) is 4.79 Å². The molecule has 0 radical (unpaired) electrons. The number of aliphatic hydroxyl groups is 1. The van der Waals surface area contributed by atoms with Crippen molar-refractivity contribution in [1.82, 2.24) is 9.62 Å². The van der Waals surface area contributed by atoms with Gasteiger partial charge < -0.3 is 24.6 Å². The number of ether oxygens (including phenoxy) is 3. The number of rotatable bonds is 12. The van der Waals surface area contributed by atoms with E-state index in [1.165, 1.54) is 45.8 Å². The summed E-state index contributed by atoms with van der Waals surface area (Å²) < 4.78 is 45.0. The normalized spacial score (nSPS) is 19.3. The molecule has 1 fully saturated rings. The third kappa shape index (κ3) is 6.47. The van der Waals surface area contributed by atoms with Crippen molar-refractivity contribution in [2.75, 3.05) is 33.4 Å². The maximum Gasteiger partial charge on any atom is 0.286 e. The summed E-state index contributed by atoms with van der Waals surface area (Å²) in [4.78, 5) is 13.1. The van der Waals surface area contributed by atoms with Crippen molar-refractivity contribution in [2.45, 2.75) is 48.8 Å². The molecule has 1 heterocycles. The third-order valence-corrected chi connectivity index (χ3v) is 10.0. The predicted molar refractivity (Wildman–Crippen MR) is 161 cm³/mol. The minimum absolute atomic E-state index is 0.00384. The number of sulfonamides is 1. The Morgan fingerprint density at radius 1 is 1.02 bits per heavy atom. The van der Waals surface area contributed by atoms with Crippen molar-refractivity contribution < 1.29 is 32.5 Å². The van der Waals surface area contributed by atoms with E-state index in [0.717, 1.165) is 24.8 Å². The van der Waals surface area contributed by atoms with Crippen molar-refractivity contribution >= 4 is 15.9 Å². The zero-order valence-corrected chi connectivity index (χ0v) is 24.9. The predicted octanol–water partition coefficient (Wildman–Crippen LogP) is 3.96. The van der Waals surface area contributed by atoms with Crippen molar-refractivity contribution in [3.63, 3.8) is 0 Å². The molecule has 3 aromatic carbocycles. The van der Waals surface area contributed by atoms with Gasteiger partial charge in [-0.15, -0.1) is 0 Å². The van der Waals surface area contributed by atoms with Gasteiger partial charge in [-0.2, -0.15) is 4.31 Å². The molecule has 6 rings (SSSR count). The number of fused-ring (bicyclic) bond motifs is 3. The molecule has 43 heavy (non-hydrogen) atoms. The molecule has 9 nitrogen and oxygen atoms in total. The fourth-order valence-electron chi connectivity index (χ4n) is 5.68. The smallest absolute Gasteiger partial charge is 0.286 e. The highest BCUT2D eigenvalue weighted by molar-refractivity contribution is 7.89. The van der Waals surface area contributed by atoms with Crippen LogP contribution in [0.15, 0.2) is 83.5 Å². The lowest BCUT2D eigenvalue weighted by molar-refractivity contribution is -0.146. The van der Waals surface area contributed by atoms with E-state index in [1.54, 1.807) is 12.1 Å². The molecule has 0 bridgehead atoms. The maximum absolute atomic E-state index is 13.3. The molecule has 10 heteroatoms. The molecule has 0 unspecified atom stereocenters. The van der Waals surface area contributed by atoms with E-state index in [1.807, 2.05) is 6.08 Å². The average molecular weight is 605 g/mol. The van der Waals surface area contributed by atoms with Crippen molar-refractivity contribution in [3.05, 3.63) is 95.3 Å². The van der Waals surface area contributed by atoms with Gasteiger partial charge in [0.15, 0.2) is 5.76 Å². The summed E-state index contributed by atoms with van der Waals surface area (Å²) in [5, 5.41) is 12.6. The maximum atomic E-state index is 13.3. The summed E-state index contributed by atoms with van der Waals surface area (Å²) in [6, 6.07) is 21.1. The molecule has 0 aromatic heterocycles. The van der Waals surface area contributed by atoms with Gasteiger partial charge in [0.2, 0.25) is 16.3 Å². The summed E-state index contributed by atoms with van der Waals surface area (Å²) >= 11 is 0. The molecule has 1 saturated carbocycles. The van der Waals surface area contributed by atoms with Crippen molar-refractivity contribution in [3.8, 4) is 16.9 Å². The van der Waals surface area contributed by atoms with E-state index in [2.05, 4.69) is 47.8 Å². The molecule has 0 saturated heterocycles. The number of aliphatic hydroxyl groups excluding tert-OH is 1. The number of amides is 1. The van der Waals surface area contributed by atoms with Gasteiger partial charge in [0, 0.05) is 31.5 Å². The Morgan fingerprint density at radius 2 is 1.79 bits per heavy atom. The molecule has 0 spiro atoms. The Bertz CT molecular complexity index is 1620. The zero-order chi connectivity index (χ0) is 30.0. The van der Waals surface area contributed by atoms with Crippen LogP contribution < -0.4 is 10.1 Å². The van der Waals surface area contributed by atoms with Gasteiger partial charge in [-0.25, -0.2) is 8.42 Å². The number of nitrogens with zero attached hydrogens (tertiary/aromatic N) is 1. The summed E-state index contributed by atoms with van der Waals surface area (Å²) in [6.07, 6.45) is 4.36. The van der Waals surface area contributed by atoms with Gasteiger partial charge in [0.25, 0.3) is 5.91 Å². The summed E-state index contributed by atoms with van der Waals surface area (Å²) in [6.45, 7) is -0.403. The van der Waals surface area contributed by atoms with Crippen molar-refractivity contribution in [1.29, 1.82) is 0 Å². The lowest BCUT2D eigenvalue weighted by Gasteiger charge is -2.30. The topological polar surface area (TPSA) is 114 Å². The van der Waals surface area contributed by atoms with Gasteiger partial charge in [-0.1, -0.05) is 42.5 Å². The number of hydrogen-bond donors (Lipinski definition) is 2. The summed E-state index contributed by atoms with van der Waals surface area (Å²) in [7, 11) is -2.37. The van der Waals surface area contributed by atoms with Crippen LogP contribution >= 0.6 is 0 Å². The Kier molecular flexibility index (Phi) is 8.54. The molecule has 3 aliphatic rings. The van der Waals surface area contributed by atoms with Crippen LogP contribution in [-0.4, -0.2) is 69.5 Å². The summed E-state index contributed by atoms with van der Waals surface area (Å²) in [5.74, 6) is 0.375. The first kappa shape index (κ1) is 29.4. The third-order valence-electron chi connectivity index (χ3n) is 8.13. The molecular weight excluding hydrogens is 568 g/mol. The second-order valence-electron chi connectivity index (χ2n) is 11.1. The number of hydrogen-bond acceptors (Lipinski definition) is 7. The van der Waals surface area contributed by atoms with E-state index >= 15 is 0 Å². The minimum atomic E-state index is -3.88. The van der Waals surface area contributed by atoms with Crippen LogP contribution in [0.5, 0.6) is 5.75 Å². The quantitative estimate of drug-likeness (QED) is 0.252. The molecule has 2 N–H and O–H groups in total. The number of nitrogens with one attached hydrogen (secondary N) is 1. The fourth-order valence-corrected chi connectivity index (χ4v) is 7.09. The molecule has 3 aromatic rings. The highest BCUT2D eigenvalue weighted by Crippen LogP contribution is 2.40. The highest BCUT2D eigenvalue weighted by Gasteiger charge is 2.33. The monoisotopic (exact) mass is 604 g/mol. The Hall–Kier alpha value is -3.70. The highest BCUT2D eigenvalue weighted by atomic mass is 32.2. The van der Waals surface area contributed by atoms with E-state index < -0.39 is 16.3 Å². The fraction of sp³-hybridized carbons (Fsp3) is 0.364. The van der Waals surface area contributed by atoms with Gasteiger partial charge in [0.05, 0.1) is 25.2 Å². The molecule has 1 amide bonds. The Balaban J connectivity index is 1.17. The molecule has 1 aliphatic heterocycles. The number of methoxy groups -OCH3 is 1. The van der Waals surface area contributed by atoms with Crippen LogP contribution in [0, 0.1) is 0 Å². The first-order chi connectivity index (χ1) is 20.9. The standard InChI is InChI=1S/C33H36N2O7S/c1-40-27-9-11-28(12-10-27)43(38,39)35(14-16-36)15-17-41-32-21-24(20-31(42-32)33(37)34-26-7-8-26)22-6-13-30-25(18-22)19-23-4-2-3-5-29(23)30/h2-6,9-13,18,20,24,26,32,36H,7-8,14-17,19,21H2,1H3,(H,34,37)/t24-,32+/m0/s1. The van der Waals surface area contributed by atoms with Crippen LogP contribution in [0.2, 0.25) is 0 Å².